The van der Waals surface area contributed by atoms with Gasteiger partial charge in [-0.05, 0) is 96.5 Å². The lowest BCUT2D eigenvalue weighted by Crippen LogP contribution is -1.90. The highest BCUT2D eigenvalue weighted by Crippen LogP contribution is 2.48. The first-order valence-electron chi connectivity index (χ1n) is 18.0. The smallest absolute Gasteiger partial charge is 0.152 e. The van der Waals surface area contributed by atoms with Crippen molar-refractivity contribution >= 4 is 96.7 Å². The van der Waals surface area contributed by atoms with Crippen LogP contribution in [0.1, 0.15) is 0 Å². The molecule has 0 atom stereocenters. The summed E-state index contributed by atoms with van der Waals surface area (Å²) in [6.07, 6.45) is 1.91. The fraction of sp³-hybridized carbons (Fsp3) is 0. The molecular formula is C50H28O2S. The van der Waals surface area contributed by atoms with E-state index in [0.717, 1.165) is 33.1 Å². The van der Waals surface area contributed by atoms with E-state index in [4.69, 9.17) is 8.83 Å². The second-order valence-corrected chi connectivity index (χ2v) is 15.0. The Kier molecular flexibility index (Phi) is 5.96. The quantitative estimate of drug-likeness (QED) is 0.172. The van der Waals surface area contributed by atoms with Crippen LogP contribution in [-0.4, -0.2) is 0 Å². The number of thiophene rings is 1. The number of fused-ring (bicyclic) bond motifs is 12. The zero-order valence-corrected chi connectivity index (χ0v) is 29.2. The molecule has 3 heteroatoms. The van der Waals surface area contributed by atoms with Gasteiger partial charge in [-0.3, -0.25) is 0 Å². The van der Waals surface area contributed by atoms with Gasteiger partial charge in [0.15, 0.2) is 5.58 Å². The Morgan fingerprint density at radius 2 is 1.00 bits per heavy atom. The number of furan rings is 2. The largest absolute Gasteiger partial charge is 0.462 e. The van der Waals surface area contributed by atoms with E-state index in [-0.39, 0.29) is 0 Å². The van der Waals surface area contributed by atoms with Crippen LogP contribution in [0.15, 0.2) is 179 Å². The highest BCUT2D eigenvalue weighted by molar-refractivity contribution is 7.26. The molecule has 0 radical (unpaired) electrons. The van der Waals surface area contributed by atoms with Gasteiger partial charge >= 0.3 is 0 Å². The monoisotopic (exact) mass is 692 g/mol. The Balaban J connectivity index is 1.09. The SMILES string of the molecule is c1ccc(-c2coc3c2ccc2c4cc(-c5c6ccccc6c(-c6ccc7oc8ccc9ccccc9c8c7c6)c6ccccc56)ccc4sc23)cc1. The molecule has 0 unspecified atom stereocenters. The lowest BCUT2D eigenvalue weighted by Gasteiger charge is -2.18. The van der Waals surface area contributed by atoms with Crippen molar-refractivity contribution in [3.63, 3.8) is 0 Å². The Morgan fingerprint density at radius 3 is 1.74 bits per heavy atom. The first-order valence-corrected chi connectivity index (χ1v) is 18.8. The van der Waals surface area contributed by atoms with E-state index < -0.39 is 0 Å². The Bertz CT molecular complexity index is 3390. The highest BCUT2D eigenvalue weighted by atomic mass is 32.1. The topological polar surface area (TPSA) is 26.3 Å². The molecule has 12 aromatic rings. The molecule has 0 spiro atoms. The summed E-state index contributed by atoms with van der Waals surface area (Å²) in [4.78, 5) is 0. The van der Waals surface area contributed by atoms with Crippen molar-refractivity contribution in [2.75, 3.05) is 0 Å². The Morgan fingerprint density at radius 1 is 0.396 bits per heavy atom. The first-order chi connectivity index (χ1) is 26.3. The minimum Gasteiger partial charge on any atom is -0.462 e. The molecule has 12 rings (SSSR count). The average Bonchev–Trinajstić information content (AvgIpc) is 3.93. The molecule has 53 heavy (non-hydrogen) atoms. The van der Waals surface area contributed by atoms with E-state index >= 15 is 0 Å². The van der Waals surface area contributed by atoms with Crippen molar-refractivity contribution in [1.29, 1.82) is 0 Å². The van der Waals surface area contributed by atoms with Crippen LogP contribution in [0.2, 0.25) is 0 Å². The van der Waals surface area contributed by atoms with Gasteiger partial charge < -0.3 is 8.83 Å². The summed E-state index contributed by atoms with van der Waals surface area (Å²) in [5.41, 5.74) is 9.98. The van der Waals surface area contributed by atoms with Gasteiger partial charge in [-0.15, -0.1) is 11.3 Å². The summed E-state index contributed by atoms with van der Waals surface area (Å²) in [5, 5.41) is 13.3. The number of hydrogen-bond donors (Lipinski definition) is 0. The van der Waals surface area contributed by atoms with E-state index in [1.165, 1.54) is 85.7 Å². The summed E-state index contributed by atoms with van der Waals surface area (Å²) in [5.74, 6) is 0. The van der Waals surface area contributed by atoms with Crippen molar-refractivity contribution in [1.82, 2.24) is 0 Å². The lowest BCUT2D eigenvalue weighted by atomic mass is 9.85. The van der Waals surface area contributed by atoms with Crippen molar-refractivity contribution in [3.05, 3.63) is 170 Å². The summed E-state index contributed by atoms with van der Waals surface area (Å²) < 4.78 is 15.2. The summed E-state index contributed by atoms with van der Waals surface area (Å²) in [7, 11) is 0. The first kappa shape index (κ1) is 29.0. The molecule has 0 aliphatic rings. The fourth-order valence-electron chi connectivity index (χ4n) is 8.78. The van der Waals surface area contributed by atoms with Gasteiger partial charge in [-0.2, -0.15) is 0 Å². The van der Waals surface area contributed by atoms with Crippen molar-refractivity contribution in [2.45, 2.75) is 0 Å². The van der Waals surface area contributed by atoms with Gasteiger partial charge in [0.25, 0.3) is 0 Å². The maximum Gasteiger partial charge on any atom is 0.152 e. The molecule has 3 aromatic heterocycles. The molecule has 0 aliphatic carbocycles. The van der Waals surface area contributed by atoms with Crippen LogP contribution >= 0.6 is 11.3 Å². The zero-order valence-electron chi connectivity index (χ0n) is 28.4. The van der Waals surface area contributed by atoms with Crippen molar-refractivity contribution in [3.8, 4) is 33.4 Å². The van der Waals surface area contributed by atoms with Gasteiger partial charge in [-0.25, -0.2) is 0 Å². The molecule has 0 saturated carbocycles. The van der Waals surface area contributed by atoms with Gasteiger partial charge in [0, 0.05) is 37.2 Å². The molecule has 0 N–H and O–H groups in total. The summed E-state index contributed by atoms with van der Waals surface area (Å²) >= 11 is 1.81. The van der Waals surface area contributed by atoms with Crippen LogP contribution in [0.3, 0.4) is 0 Å². The third kappa shape index (κ3) is 4.14. The number of hydrogen-bond acceptors (Lipinski definition) is 3. The van der Waals surface area contributed by atoms with Crippen molar-refractivity contribution in [2.24, 2.45) is 0 Å². The van der Waals surface area contributed by atoms with Crippen LogP contribution in [0.25, 0.3) is 119 Å². The Labute approximate surface area is 307 Å². The van der Waals surface area contributed by atoms with Crippen molar-refractivity contribution < 1.29 is 8.83 Å². The second kappa shape index (κ2) is 10.9. The predicted octanol–water partition coefficient (Wildman–Crippen LogP) is 15.2. The Hall–Kier alpha value is -6.68. The molecule has 2 nitrogen and oxygen atoms in total. The minimum atomic E-state index is 0.907. The molecule has 246 valence electrons. The predicted molar refractivity (Wildman–Crippen MR) is 225 cm³/mol. The van der Waals surface area contributed by atoms with E-state index in [1.807, 2.05) is 17.6 Å². The molecule has 0 amide bonds. The van der Waals surface area contributed by atoms with E-state index in [1.54, 1.807) is 0 Å². The van der Waals surface area contributed by atoms with E-state index in [2.05, 4.69) is 164 Å². The fourth-order valence-corrected chi connectivity index (χ4v) is 9.95. The second-order valence-electron chi connectivity index (χ2n) is 14.0. The molecule has 0 fully saturated rings. The summed E-state index contributed by atoms with van der Waals surface area (Å²) in [6, 6.07) is 59.3. The van der Waals surface area contributed by atoms with Gasteiger partial charge in [0.1, 0.15) is 11.2 Å². The van der Waals surface area contributed by atoms with Gasteiger partial charge in [-0.1, -0.05) is 127 Å². The van der Waals surface area contributed by atoms with Gasteiger partial charge in [0.05, 0.1) is 11.0 Å². The average molecular weight is 693 g/mol. The lowest BCUT2D eigenvalue weighted by molar-refractivity contribution is 0.621. The van der Waals surface area contributed by atoms with Crippen LogP contribution < -0.4 is 0 Å². The van der Waals surface area contributed by atoms with Crippen LogP contribution in [0, 0.1) is 0 Å². The number of rotatable bonds is 3. The molecule has 0 aliphatic heterocycles. The maximum atomic E-state index is 6.40. The van der Waals surface area contributed by atoms with Crippen LogP contribution in [-0.2, 0) is 0 Å². The van der Waals surface area contributed by atoms with Crippen LogP contribution in [0.5, 0.6) is 0 Å². The molecule has 0 bridgehead atoms. The summed E-state index contributed by atoms with van der Waals surface area (Å²) in [6.45, 7) is 0. The highest BCUT2D eigenvalue weighted by Gasteiger charge is 2.20. The third-order valence-corrected chi connectivity index (χ3v) is 12.3. The maximum absolute atomic E-state index is 6.40. The molecule has 9 aromatic carbocycles. The normalized spacial score (nSPS) is 12.2. The molecule has 0 saturated heterocycles. The van der Waals surface area contributed by atoms with Crippen LogP contribution in [0.4, 0.5) is 0 Å². The zero-order chi connectivity index (χ0) is 34.6. The standard InChI is InChI=1S/C50H28O2S/c1-2-10-29(11-3-1)42-28-51-49-38(42)21-22-39-40-26-32(20-25-45(40)53-50(39)49)47-36-16-8-6-14-34(36)46(35-15-7-9-17-37(35)47)31-19-23-43-41(27-31)48-33-13-5-4-12-30(33)18-24-44(48)52-43/h1-28H. The van der Waals surface area contributed by atoms with E-state index in [0.29, 0.717) is 0 Å². The third-order valence-electron chi connectivity index (χ3n) is 11.1. The molecular weight excluding hydrogens is 665 g/mol. The molecule has 3 heterocycles. The van der Waals surface area contributed by atoms with E-state index in [9.17, 15) is 0 Å². The number of benzene rings is 9. The van der Waals surface area contributed by atoms with Gasteiger partial charge in [0.2, 0.25) is 0 Å². The minimum absolute atomic E-state index is 0.907.